The Labute approximate surface area is 156 Å². The molecule has 1 atom stereocenters. The maximum atomic E-state index is 12.1. The lowest BCUT2D eigenvalue weighted by molar-refractivity contribution is -0.119. The van der Waals surface area contributed by atoms with Crippen LogP contribution in [0.4, 0.5) is 0 Å². The smallest absolute Gasteiger partial charge is 0.230 e. The van der Waals surface area contributed by atoms with Gasteiger partial charge in [-0.05, 0) is 18.6 Å². The number of carbonyl (C=O) groups excluding carboxylic acids is 1. The zero-order chi connectivity index (χ0) is 18.6. The van der Waals surface area contributed by atoms with E-state index in [0.717, 1.165) is 5.56 Å². The zero-order valence-electron chi connectivity index (χ0n) is 14.0. The number of sulfone groups is 1. The number of amides is 1. The van der Waals surface area contributed by atoms with E-state index in [4.69, 9.17) is 0 Å². The minimum absolute atomic E-state index is 0.0161. The number of allylic oxidation sites excluding steroid dienone is 1. The molecule has 0 saturated carbocycles. The van der Waals surface area contributed by atoms with Gasteiger partial charge in [-0.3, -0.25) is 14.3 Å². The largest absolute Gasteiger partial charge is 0.352 e. The molecule has 2 aromatic heterocycles. The normalized spacial score (nSPS) is 18.5. The fourth-order valence-electron chi connectivity index (χ4n) is 2.71. The standard InChI is InChI=1S/C16H19N5O3S2/c1-2-8-21-15(12-3-6-17-7-4-12)19-20-16(21)25-10-14(22)18-13-5-9-26(23,24)11-13/h2-4,6-7,13H,1,5,8-11H2,(H,18,22)/t13-/m1/s1. The topological polar surface area (TPSA) is 107 Å². The number of pyridine rings is 1. The Morgan fingerprint density at radius 1 is 1.38 bits per heavy atom. The molecule has 1 saturated heterocycles. The van der Waals surface area contributed by atoms with Crippen LogP contribution in [-0.4, -0.2) is 57.4 Å². The van der Waals surface area contributed by atoms with Crippen LogP contribution in [0.5, 0.6) is 0 Å². The molecule has 1 fully saturated rings. The van der Waals surface area contributed by atoms with Crippen LogP contribution in [0.1, 0.15) is 6.42 Å². The van der Waals surface area contributed by atoms with Crippen molar-refractivity contribution in [2.45, 2.75) is 24.2 Å². The first-order valence-electron chi connectivity index (χ1n) is 8.05. The molecule has 10 heteroatoms. The molecule has 0 bridgehead atoms. The van der Waals surface area contributed by atoms with Gasteiger partial charge in [0.15, 0.2) is 20.8 Å². The molecule has 1 aliphatic rings. The molecule has 1 aliphatic heterocycles. The van der Waals surface area contributed by atoms with Crippen LogP contribution >= 0.6 is 11.8 Å². The minimum Gasteiger partial charge on any atom is -0.352 e. The molecule has 3 heterocycles. The third-order valence-electron chi connectivity index (χ3n) is 3.90. The van der Waals surface area contributed by atoms with E-state index in [9.17, 15) is 13.2 Å². The lowest BCUT2D eigenvalue weighted by Crippen LogP contribution is -2.36. The summed E-state index contributed by atoms with van der Waals surface area (Å²) in [6, 6.07) is 3.38. The molecule has 3 rings (SSSR count). The fourth-order valence-corrected chi connectivity index (χ4v) is 5.14. The van der Waals surface area contributed by atoms with Crippen LogP contribution in [0.2, 0.25) is 0 Å². The molecule has 26 heavy (non-hydrogen) atoms. The summed E-state index contributed by atoms with van der Waals surface area (Å²) in [4.78, 5) is 16.1. The monoisotopic (exact) mass is 393 g/mol. The molecule has 8 nitrogen and oxygen atoms in total. The first-order chi connectivity index (χ1) is 12.5. The Morgan fingerprint density at radius 3 is 2.81 bits per heavy atom. The van der Waals surface area contributed by atoms with E-state index < -0.39 is 9.84 Å². The van der Waals surface area contributed by atoms with E-state index >= 15 is 0 Å². The second-order valence-electron chi connectivity index (χ2n) is 5.90. The Balaban J connectivity index is 1.65. The van der Waals surface area contributed by atoms with Gasteiger partial charge in [0, 0.05) is 30.5 Å². The maximum Gasteiger partial charge on any atom is 0.230 e. The van der Waals surface area contributed by atoms with Crippen LogP contribution < -0.4 is 5.32 Å². The molecule has 0 radical (unpaired) electrons. The highest BCUT2D eigenvalue weighted by molar-refractivity contribution is 7.99. The highest BCUT2D eigenvalue weighted by Crippen LogP contribution is 2.23. The predicted molar refractivity (Wildman–Crippen MR) is 99.4 cm³/mol. The van der Waals surface area contributed by atoms with Gasteiger partial charge in [0.1, 0.15) is 0 Å². The first kappa shape index (κ1) is 18.6. The van der Waals surface area contributed by atoms with Gasteiger partial charge in [-0.15, -0.1) is 16.8 Å². The van der Waals surface area contributed by atoms with Gasteiger partial charge in [0.25, 0.3) is 0 Å². The van der Waals surface area contributed by atoms with Gasteiger partial charge in [0.05, 0.1) is 17.3 Å². The number of nitrogens with one attached hydrogen (secondary N) is 1. The van der Waals surface area contributed by atoms with E-state index in [1.807, 2.05) is 16.7 Å². The van der Waals surface area contributed by atoms with Gasteiger partial charge in [-0.2, -0.15) is 0 Å². The van der Waals surface area contributed by atoms with Crippen molar-refractivity contribution >= 4 is 27.5 Å². The second-order valence-corrected chi connectivity index (χ2v) is 9.07. The molecule has 2 aromatic rings. The van der Waals surface area contributed by atoms with Crippen molar-refractivity contribution in [3.8, 4) is 11.4 Å². The Hall–Kier alpha value is -2.20. The second kappa shape index (κ2) is 8.00. The van der Waals surface area contributed by atoms with Crippen molar-refractivity contribution < 1.29 is 13.2 Å². The summed E-state index contributed by atoms with van der Waals surface area (Å²) >= 11 is 1.26. The lowest BCUT2D eigenvalue weighted by atomic mass is 10.2. The average molecular weight is 393 g/mol. The molecule has 0 aromatic carbocycles. The van der Waals surface area contributed by atoms with Crippen LogP contribution in [0.15, 0.2) is 42.3 Å². The van der Waals surface area contributed by atoms with Crippen LogP contribution in [0.25, 0.3) is 11.4 Å². The van der Waals surface area contributed by atoms with Crippen molar-refractivity contribution in [2.75, 3.05) is 17.3 Å². The summed E-state index contributed by atoms with van der Waals surface area (Å²) in [6.45, 7) is 4.26. The summed E-state index contributed by atoms with van der Waals surface area (Å²) in [7, 11) is -3.01. The summed E-state index contributed by atoms with van der Waals surface area (Å²) in [5.74, 6) is 0.756. The SMILES string of the molecule is C=CCn1c(SCC(=O)N[C@@H]2CCS(=O)(=O)C2)nnc1-c1ccncc1. The van der Waals surface area contributed by atoms with Crippen molar-refractivity contribution in [3.05, 3.63) is 37.2 Å². The quantitative estimate of drug-likeness (QED) is 0.551. The number of aromatic nitrogens is 4. The average Bonchev–Trinajstić information content (AvgIpc) is 3.17. The number of hydrogen-bond acceptors (Lipinski definition) is 7. The number of hydrogen-bond donors (Lipinski definition) is 1. The van der Waals surface area contributed by atoms with Crippen molar-refractivity contribution in [1.29, 1.82) is 0 Å². The molecular formula is C16H19N5O3S2. The summed E-state index contributed by atoms with van der Waals surface area (Å²) in [6.07, 6.45) is 5.56. The van der Waals surface area contributed by atoms with E-state index in [0.29, 0.717) is 23.9 Å². The Morgan fingerprint density at radius 2 is 2.15 bits per heavy atom. The Kier molecular flexibility index (Phi) is 5.72. The molecule has 0 spiro atoms. The summed E-state index contributed by atoms with van der Waals surface area (Å²) in [5, 5.41) is 11.8. The summed E-state index contributed by atoms with van der Waals surface area (Å²) in [5.41, 5.74) is 0.877. The van der Waals surface area contributed by atoms with E-state index in [-0.39, 0.29) is 29.2 Å². The molecule has 0 aliphatic carbocycles. The molecule has 1 N–H and O–H groups in total. The third-order valence-corrected chi connectivity index (χ3v) is 6.63. The molecular weight excluding hydrogens is 374 g/mol. The molecule has 138 valence electrons. The number of rotatable bonds is 7. The third kappa shape index (κ3) is 4.50. The van der Waals surface area contributed by atoms with E-state index in [1.54, 1.807) is 18.5 Å². The van der Waals surface area contributed by atoms with Gasteiger partial charge in [0.2, 0.25) is 5.91 Å². The van der Waals surface area contributed by atoms with Crippen molar-refractivity contribution in [2.24, 2.45) is 0 Å². The summed E-state index contributed by atoms with van der Waals surface area (Å²) < 4.78 is 24.8. The van der Waals surface area contributed by atoms with Crippen LogP contribution in [0, 0.1) is 0 Å². The van der Waals surface area contributed by atoms with Crippen LogP contribution in [0.3, 0.4) is 0 Å². The first-order valence-corrected chi connectivity index (χ1v) is 10.9. The molecule has 0 unspecified atom stereocenters. The predicted octanol–water partition coefficient (Wildman–Crippen LogP) is 0.921. The van der Waals surface area contributed by atoms with E-state index in [1.165, 1.54) is 11.8 Å². The highest BCUT2D eigenvalue weighted by Gasteiger charge is 2.29. The number of carbonyl (C=O) groups is 1. The van der Waals surface area contributed by atoms with Gasteiger partial charge in [-0.25, -0.2) is 8.42 Å². The number of thioether (sulfide) groups is 1. The maximum absolute atomic E-state index is 12.1. The molecule has 1 amide bonds. The van der Waals surface area contributed by atoms with Crippen molar-refractivity contribution in [1.82, 2.24) is 25.1 Å². The van der Waals surface area contributed by atoms with Crippen molar-refractivity contribution in [3.63, 3.8) is 0 Å². The van der Waals surface area contributed by atoms with Gasteiger partial charge < -0.3 is 5.32 Å². The minimum atomic E-state index is -3.01. The van der Waals surface area contributed by atoms with Gasteiger partial charge in [-0.1, -0.05) is 17.8 Å². The zero-order valence-corrected chi connectivity index (χ0v) is 15.7. The van der Waals surface area contributed by atoms with Crippen LogP contribution in [-0.2, 0) is 21.2 Å². The lowest BCUT2D eigenvalue weighted by Gasteiger charge is -2.11. The fraction of sp³-hybridized carbons (Fsp3) is 0.375. The highest BCUT2D eigenvalue weighted by atomic mass is 32.2. The Bertz CT molecular complexity index is 896. The number of nitrogens with zero attached hydrogens (tertiary/aromatic N) is 4. The van der Waals surface area contributed by atoms with Gasteiger partial charge >= 0.3 is 0 Å². The van der Waals surface area contributed by atoms with E-state index in [2.05, 4.69) is 27.1 Å².